The van der Waals surface area contributed by atoms with E-state index < -0.39 is 0 Å². The summed E-state index contributed by atoms with van der Waals surface area (Å²) in [7, 11) is 0. The molecule has 1 aliphatic rings. The van der Waals surface area contributed by atoms with Crippen LogP contribution in [-0.2, 0) is 0 Å². The van der Waals surface area contributed by atoms with E-state index in [1.807, 2.05) is 12.1 Å². The topological polar surface area (TPSA) is 12.0 Å². The highest BCUT2D eigenvalue weighted by molar-refractivity contribution is 6.30. The lowest BCUT2D eigenvalue weighted by molar-refractivity contribution is 0.254. The molecule has 0 bridgehead atoms. The van der Waals surface area contributed by atoms with Gasteiger partial charge in [0.2, 0.25) is 0 Å². The van der Waals surface area contributed by atoms with Crippen LogP contribution in [0.3, 0.4) is 0 Å². The van der Waals surface area contributed by atoms with Gasteiger partial charge in [-0.1, -0.05) is 44.5 Å². The Balaban J connectivity index is 1.79. The van der Waals surface area contributed by atoms with Crippen LogP contribution in [0.5, 0.6) is 0 Å². The minimum absolute atomic E-state index is 0.376. The number of hydrogen-bond donors (Lipinski definition) is 1. The molecule has 1 aromatic rings. The minimum atomic E-state index is 0.376. The van der Waals surface area contributed by atoms with Crippen molar-refractivity contribution in [2.75, 3.05) is 6.54 Å². The molecule has 1 fully saturated rings. The van der Waals surface area contributed by atoms with Crippen molar-refractivity contribution < 1.29 is 0 Å². The van der Waals surface area contributed by atoms with Crippen LogP contribution in [0, 0.1) is 5.41 Å². The first kappa shape index (κ1) is 12.9. The van der Waals surface area contributed by atoms with Crippen LogP contribution in [0.2, 0.25) is 5.02 Å². The molecule has 1 nitrogen and oxygen atoms in total. The third kappa shape index (κ3) is 3.72. The number of nitrogens with one attached hydrogen (secondary N) is 1. The van der Waals surface area contributed by atoms with Crippen LogP contribution in [0.15, 0.2) is 24.3 Å². The second-order valence-electron chi connectivity index (χ2n) is 6.36. The molecule has 17 heavy (non-hydrogen) atoms. The normalized spacial score (nSPS) is 24.5. The molecule has 1 aromatic carbocycles. The number of rotatable bonds is 3. The molecule has 1 aliphatic carbocycles. The van der Waals surface area contributed by atoms with Gasteiger partial charge in [0.05, 0.1) is 0 Å². The van der Waals surface area contributed by atoms with Gasteiger partial charge in [0, 0.05) is 17.6 Å². The molecule has 0 saturated heterocycles. The number of halogens is 1. The third-order valence-electron chi connectivity index (χ3n) is 3.38. The summed E-state index contributed by atoms with van der Waals surface area (Å²) in [5.74, 6) is 0.700. The van der Waals surface area contributed by atoms with Gasteiger partial charge >= 0.3 is 0 Å². The quantitative estimate of drug-likeness (QED) is 0.848. The summed E-state index contributed by atoms with van der Waals surface area (Å²) in [6, 6.07) is 8.98. The van der Waals surface area contributed by atoms with Crippen molar-refractivity contribution in [3.63, 3.8) is 0 Å². The maximum atomic E-state index is 6.01. The predicted octanol–water partition coefficient (Wildman–Crippen LogP) is 4.22. The van der Waals surface area contributed by atoms with Gasteiger partial charge in [0.15, 0.2) is 0 Å². The lowest BCUT2D eigenvalue weighted by Crippen LogP contribution is -2.43. The minimum Gasteiger partial charge on any atom is -0.313 e. The first-order chi connectivity index (χ1) is 7.94. The molecule has 0 unspecified atom stereocenters. The first-order valence-electron chi connectivity index (χ1n) is 6.43. The van der Waals surface area contributed by atoms with E-state index in [9.17, 15) is 0 Å². The van der Waals surface area contributed by atoms with Crippen LogP contribution in [-0.4, -0.2) is 12.6 Å². The fourth-order valence-electron chi connectivity index (χ4n) is 2.27. The number of benzene rings is 1. The molecular weight excluding hydrogens is 230 g/mol. The summed E-state index contributed by atoms with van der Waals surface area (Å²) < 4.78 is 0. The van der Waals surface area contributed by atoms with Gasteiger partial charge < -0.3 is 5.32 Å². The van der Waals surface area contributed by atoms with Crippen molar-refractivity contribution >= 4 is 11.6 Å². The summed E-state index contributed by atoms with van der Waals surface area (Å²) in [6.07, 6.45) is 2.49. The Hall–Kier alpha value is -0.530. The Bertz CT molecular complexity index is 375. The van der Waals surface area contributed by atoms with Gasteiger partial charge in [-0.05, 0) is 41.9 Å². The average Bonchev–Trinajstić information content (AvgIpc) is 2.13. The van der Waals surface area contributed by atoms with Crippen LogP contribution in [0.1, 0.15) is 45.1 Å². The zero-order chi connectivity index (χ0) is 12.5. The molecule has 2 rings (SSSR count). The van der Waals surface area contributed by atoms with E-state index in [4.69, 9.17) is 11.6 Å². The van der Waals surface area contributed by atoms with Gasteiger partial charge in [-0.25, -0.2) is 0 Å². The van der Waals surface area contributed by atoms with E-state index in [0.29, 0.717) is 17.4 Å². The van der Waals surface area contributed by atoms with Gasteiger partial charge in [0.25, 0.3) is 0 Å². The molecule has 0 heterocycles. The van der Waals surface area contributed by atoms with E-state index >= 15 is 0 Å². The van der Waals surface area contributed by atoms with E-state index in [0.717, 1.165) is 11.6 Å². The van der Waals surface area contributed by atoms with E-state index in [1.165, 1.54) is 18.4 Å². The van der Waals surface area contributed by atoms with Gasteiger partial charge in [-0.15, -0.1) is 0 Å². The van der Waals surface area contributed by atoms with Crippen LogP contribution >= 0.6 is 11.6 Å². The van der Waals surface area contributed by atoms with Gasteiger partial charge in [0.1, 0.15) is 0 Å². The van der Waals surface area contributed by atoms with Crippen molar-refractivity contribution in [1.29, 1.82) is 0 Å². The molecule has 2 heteroatoms. The van der Waals surface area contributed by atoms with Crippen LogP contribution in [0.25, 0.3) is 0 Å². The maximum absolute atomic E-state index is 6.01. The third-order valence-corrected chi connectivity index (χ3v) is 3.61. The molecule has 0 aliphatic heterocycles. The fraction of sp³-hybridized carbons (Fsp3) is 0.600. The van der Waals surface area contributed by atoms with Crippen molar-refractivity contribution in [3.05, 3.63) is 34.9 Å². The SMILES string of the molecule is CC(C)(C)CNC1CC(c2cccc(Cl)c2)C1. The second-order valence-corrected chi connectivity index (χ2v) is 6.80. The Morgan fingerprint density at radius 1 is 1.29 bits per heavy atom. The molecular formula is C15H22ClN. The monoisotopic (exact) mass is 251 g/mol. The highest BCUT2D eigenvalue weighted by Gasteiger charge is 2.30. The smallest absolute Gasteiger partial charge is 0.0408 e. The van der Waals surface area contributed by atoms with E-state index in [1.54, 1.807) is 0 Å². The fourth-order valence-corrected chi connectivity index (χ4v) is 2.47. The Labute approximate surface area is 110 Å². The summed E-state index contributed by atoms with van der Waals surface area (Å²) >= 11 is 6.01. The molecule has 0 radical (unpaired) electrons. The predicted molar refractivity (Wildman–Crippen MR) is 74.7 cm³/mol. The molecule has 1 N–H and O–H groups in total. The largest absolute Gasteiger partial charge is 0.313 e. The number of hydrogen-bond acceptors (Lipinski definition) is 1. The van der Waals surface area contributed by atoms with Crippen molar-refractivity contribution in [1.82, 2.24) is 5.32 Å². The molecule has 94 valence electrons. The van der Waals surface area contributed by atoms with Crippen LogP contribution in [0.4, 0.5) is 0 Å². The Kier molecular flexibility index (Phi) is 3.79. The van der Waals surface area contributed by atoms with Crippen LogP contribution < -0.4 is 5.32 Å². The second kappa shape index (κ2) is 4.99. The van der Waals surface area contributed by atoms with E-state index in [-0.39, 0.29) is 0 Å². The summed E-state index contributed by atoms with van der Waals surface area (Å²) in [4.78, 5) is 0. The molecule has 0 amide bonds. The molecule has 0 spiro atoms. The summed E-state index contributed by atoms with van der Waals surface area (Å²) in [5, 5.41) is 4.50. The maximum Gasteiger partial charge on any atom is 0.0408 e. The standard InChI is InChI=1S/C15H22ClN/c1-15(2,3)10-17-14-8-12(9-14)11-5-4-6-13(16)7-11/h4-7,12,14,17H,8-10H2,1-3H3. The van der Waals surface area contributed by atoms with Crippen molar-refractivity contribution in [2.24, 2.45) is 5.41 Å². The van der Waals surface area contributed by atoms with E-state index in [2.05, 4.69) is 38.2 Å². The molecule has 0 aromatic heterocycles. The van der Waals surface area contributed by atoms with Gasteiger partial charge in [-0.2, -0.15) is 0 Å². The Morgan fingerprint density at radius 2 is 2.00 bits per heavy atom. The zero-order valence-corrected chi connectivity index (χ0v) is 11.7. The summed E-state index contributed by atoms with van der Waals surface area (Å²) in [6.45, 7) is 7.91. The first-order valence-corrected chi connectivity index (χ1v) is 6.81. The molecule has 0 atom stereocenters. The highest BCUT2D eigenvalue weighted by atomic mass is 35.5. The Morgan fingerprint density at radius 3 is 2.59 bits per heavy atom. The lowest BCUT2D eigenvalue weighted by Gasteiger charge is -2.38. The highest BCUT2D eigenvalue weighted by Crippen LogP contribution is 2.37. The summed E-state index contributed by atoms with van der Waals surface area (Å²) in [5.41, 5.74) is 1.77. The zero-order valence-electron chi connectivity index (χ0n) is 11.0. The van der Waals surface area contributed by atoms with Crippen molar-refractivity contribution in [3.8, 4) is 0 Å². The molecule has 1 saturated carbocycles. The van der Waals surface area contributed by atoms with Crippen molar-refractivity contribution in [2.45, 2.75) is 45.6 Å². The van der Waals surface area contributed by atoms with Gasteiger partial charge in [-0.3, -0.25) is 0 Å². The lowest BCUT2D eigenvalue weighted by atomic mass is 9.75. The average molecular weight is 252 g/mol.